The van der Waals surface area contributed by atoms with Crippen LogP contribution < -0.4 is 4.72 Å². The van der Waals surface area contributed by atoms with Crippen LogP contribution in [0.3, 0.4) is 0 Å². The molecule has 1 saturated heterocycles. The van der Waals surface area contributed by atoms with Gasteiger partial charge in [-0.15, -0.1) is 0 Å². The number of nitrogens with zero attached hydrogens (tertiary/aromatic N) is 2. The van der Waals surface area contributed by atoms with Crippen molar-refractivity contribution in [2.45, 2.75) is 30.8 Å². The van der Waals surface area contributed by atoms with E-state index in [4.69, 9.17) is 0 Å². The van der Waals surface area contributed by atoms with Gasteiger partial charge in [0.05, 0.1) is 12.5 Å². The molecule has 2 N–H and O–H groups in total. The zero-order chi connectivity index (χ0) is 12.3. The highest BCUT2D eigenvalue weighted by Crippen LogP contribution is 2.16. The highest BCUT2D eigenvalue weighted by atomic mass is 32.2. The van der Waals surface area contributed by atoms with E-state index in [-0.39, 0.29) is 5.03 Å². The lowest BCUT2D eigenvalue weighted by Crippen LogP contribution is -2.40. The lowest BCUT2D eigenvalue weighted by molar-refractivity contribution is 0.268. The van der Waals surface area contributed by atoms with Gasteiger partial charge in [-0.3, -0.25) is 4.90 Å². The monoisotopic (exact) mass is 258 g/mol. The summed E-state index contributed by atoms with van der Waals surface area (Å²) in [7, 11) is -3.43. The third-order valence-corrected chi connectivity index (χ3v) is 4.53. The Bertz CT molecular complexity index is 443. The molecular weight excluding hydrogens is 240 g/mol. The van der Waals surface area contributed by atoms with Crippen molar-refractivity contribution in [1.29, 1.82) is 0 Å². The van der Waals surface area contributed by atoms with E-state index in [1.807, 2.05) is 0 Å². The fourth-order valence-corrected chi connectivity index (χ4v) is 3.19. The fraction of sp³-hybridized carbons (Fsp3) is 0.700. The summed E-state index contributed by atoms with van der Waals surface area (Å²) in [4.78, 5) is 8.62. The number of hydrogen-bond donors (Lipinski definition) is 2. The van der Waals surface area contributed by atoms with Crippen LogP contribution in [-0.2, 0) is 10.0 Å². The topological polar surface area (TPSA) is 78.1 Å². The van der Waals surface area contributed by atoms with Gasteiger partial charge in [0.1, 0.15) is 0 Å². The molecule has 1 aromatic heterocycles. The van der Waals surface area contributed by atoms with Crippen molar-refractivity contribution in [3.63, 3.8) is 0 Å². The Morgan fingerprint density at radius 3 is 3.12 bits per heavy atom. The second kappa shape index (κ2) is 5.16. The number of aromatic nitrogens is 2. The van der Waals surface area contributed by atoms with Crippen LogP contribution in [0.1, 0.15) is 19.8 Å². The molecule has 0 spiro atoms. The Morgan fingerprint density at radius 1 is 1.65 bits per heavy atom. The number of likely N-dealkylation sites (N-methyl/N-ethyl adjacent to an activating group) is 1. The molecule has 7 heteroatoms. The molecule has 0 bridgehead atoms. The highest BCUT2D eigenvalue weighted by Gasteiger charge is 2.25. The van der Waals surface area contributed by atoms with Crippen LogP contribution in [0.2, 0.25) is 0 Å². The van der Waals surface area contributed by atoms with Crippen molar-refractivity contribution in [2.75, 3.05) is 19.6 Å². The van der Waals surface area contributed by atoms with Crippen LogP contribution in [0.25, 0.3) is 0 Å². The van der Waals surface area contributed by atoms with Crippen LogP contribution in [-0.4, -0.2) is 49.0 Å². The minimum absolute atomic E-state index is 0.124. The van der Waals surface area contributed by atoms with Crippen molar-refractivity contribution in [2.24, 2.45) is 0 Å². The van der Waals surface area contributed by atoms with Crippen LogP contribution in [0.4, 0.5) is 0 Å². The number of nitrogens with one attached hydrogen (secondary N) is 2. The van der Waals surface area contributed by atoms with Crippen LogP contribution in [0.15, 0.2) is 17.6 Å². The van der Waals surface area contributed by atoms with Gasteiger partial charge in [-0.1, -0.05) is 6.92 Å². The maximum atomic E-state index is 11.8. The molecule has 1 aromatic rings. The fourth-order valence-electron chi connectivity index (χ4n) is 2.22. The largest absolute Gasteiger partial charge is 0.335 e. The van der Waals surface area contributed by atoms with Crippen LogP contribution in [0.5, 0.6) is 0 Å². The van der Waals surface area contributed by atoms with Crippen molar-refractivity contribution in [1.82, 2.24) is 19.6 Å². The van der Waals surface area contributed by atoms with Gasteiger partial charge in [-0.25, -0.2) is 18.1 Å². The smallest absolute Gasteiger partial charge is 0.257 e. The van der Waals surface area contributed by atoms with Gasteiger partial charge < -0.3 is 4.98 Å². The maximum Gasteiger partial charge on any atom is 0.257 e. The first-order valence-corrected chi connectivity index (χ1v) is 7.34. The van der Waals surface area contributed by atoms with E-state index >= 15 is 0 Å². The van der Waals surface area contributed by atoms with Crippen LogP contribution in [0, 0.1) is 0 Å². The molecule has 0 aromatic carbocycles. The van der Waals surface area contributed by atoms with Gasteiger partial charge in [0, 0.05) is 12.6 Å². The Labute approximate surface area is 101 Å². The third-order valence-electron chi connectivity index (χ3n) is 3.18. The molecule has 6 nitrogen and oxygen atoms in total. The highest BCUT2D eigenvalue weighted by molar-refractivity contribution is 7.89. The Kier molecular flexibility index (Phi) is 3.80. The number of sulfonamides is 1. The Hall–Kier alpha value is -0.920. The van der Waals surface area contributed by atoms with E-state index in [0.29, 0.717) is 12.6 Å². The van der Waals surface area contributed by atoms with Crippen LogP contribution >= 0.6 is 0 Å². The average Bonchev–Trinajstić information content (AvgIpc) is 2.97. The normalized spacial score (nSPS) is 22.1. The van der Waals surface area contributed by atoms with Gasteiger partial charge in [-0.2, -0.15) is 0 Å². The zero-order valence-electron chi connectivity index (χ0n) is 9.89. The number of hydrogen-bond acceptors (Lipinski definition) is 4. The van der Waals surface area contributed by atoms with Gasteiger partial charge in [-0.05, 0) is 25.9 Å². The number of rotatable bonds is 5. The molecule has 2 heterocycles. The molecule has 1 atom stereocenters. The summed E-state index contributed by atoms with van der Waals surface area (Å²) in [5, 5.41) is 0.124. The van der Waals surface area contributed by atoms with Gasteiger partial charge in [0.15, 0.2) is 5.03 Å². The minimum Gasteiger partial charge on any atom is -0.335 e. The van der Waals surface area contributed by atoms with Gasteiger partial charge in [0.2, 0.25) is 0 Å². The van der Waals surface area contributed by atoms with Crippen molar-refractivity contribution < 1.29 is 8.42 Å². The molecule has 0 radical (unpaired) electrons. The SMILES string of the molecule is CCN1CCCC1CNS(=O)(=O)c1cnc[nH]1. The molecule has 1 unspecified atom stereocenters. The first kappa shape index (κ1) is 12.5. The molecule has 0 saturated carbocycles. The summed E-state index contributed by atoms with van der Waals surface area (Å²) in [6, 6.07) is 0.317. The first-order valence-electron chi connectivity index (χ1n) is 5.85. The molecule has 1 aliphatic heterocycles. The summed E-state index contributed by atoms with van der Waals surface area (Å²) >= 11 is 0. The standard InChI is InChI=1S/C10H18N4O2S/c1-2-14-5-3-4-9(14)6-13-17(15,16)10-7-11-8-12-10/h7-9,13H,2-6H2,1H3,(H,11,12). The second-order valence-corrected chi connectivity index (χ2v) is 5.93. The van der Waals surface area contributed by atoms with Gasteiger partial charge in [0.25, 0.3) is 10.0 Å². The molecule has 1 fully saturated rings. The number of likely N-dealkylation sites (tertiary alicyclic amines) is 1. The molecular formula is C10H18N4O2S. The molecule has 17 heavy (non-hydrogen) atoms. The van der Waals surface area contributed by atoms with E-state index in [1.165, 1.54) is 12.5 Å². The van der Waals surface area contributed by atoms with E-state index in [0.717, 1.165) is 25.9 Å². The number of aromatic amines is 1. The van der Waals surface area contributed by atoms with E-state index in [2.05, 4.69) is 26.5 Å². The number of H-pyrrole nitrogens is 1. The zero-order valence-corrected chi connectivity index (χ0v) is 10.7. The summed E-state index contributed by atoms with van der Waals surface area (Å²) in [6.45, 7) is 4.60. The van der Waals surface area contributed by atoms with E-state index in [9.17, 15) is 8.42 Å². The summed E-state index contributed by atoms with van der Waals surface area (Å²) in [6.07, 6.45) is 4.88. The summed E-state index contributed by atoms with van der Waals surface area (Å²) in [5.41, 5.74) is 0. The first-order chi connectivity index (χ1) is 8.13. The van der Waals surface area contributed by atoms with Gasteiger partial charge >= 0.3 is 0 Å². The molecule has 96 valence electrons. The molecule has 0 amide bonds. The summed E-state index contributed by atoms with van der Waals surface area (Å²) < 4.78 is 26.3. The Morgan fingerprint density at radius 2 is 2.47 bits per heavy atom. The minimum atomic E-state index is -3.43. The molecule has 2 rings (SSSR count). The lowest BCUT2D eigenvalue weighted by Gasteiger charge is -2.22. The molecule has 1 aliphatic rings. The number of imidazole rings is 1. The average molecular weight is 258 g/mol. The van der Waals surface area contributed by atoms with Crippen molar-refractivity contribution >= 4 is 10.0 Å². The van der Waals surface area contributed by atoms with E-state index < -0.39 is 10.0 Å². The predicted octanol–water partition coefficient (Wildman–Crippen LogP) is 0.172. The van der Waals surface area contributed by atoms with E-state index in [1.54, 1.807) is 0 Å². The molecule has 0 aliphatic carbocycles. The third kappa shape index (κ3) is 2.85. The lowest BCUT2D eigenvalue weighted by atomic mass is 10.2. The summed E-state index contributed by atoms with van der Waals surface area (Å²) in [5.74, 6) is 0. The maximum absolute atomic E-state index is 11.8. The second-order valence-electron chi connectivity index (χ2n) is 4.19. The quantitative estimate of drug-likeness (QED) is 0.789. The Balaban J connectivity index is 1.94. The predicted molar refractivity (Wildman–Crippen MR) is 64.0 cm³/mol. The van der Waals surface area contributed by atoms with Crippen molar-refractivity contribution in [3.8, 4) is 0 Å². The van der Waals surface area contributed by atoms with Crippen molar-refractivity contribution in [3.05, 3.63) is 12.5 Å².